The number of para-hydroxylation sites is 1. The van der Waals surface area contributed by atoms with E-state index in [-0.39, 0.29) is 5.91 Å². The molecule has 2 aromatic heterocycles. The van der Waals surface area contributed by atoms with Crippen molar-refractivity contribution < 1.29 is 14.3 Å². The van der Waals surface area contributed by atoms with Crippen molar-refractivity contribution >= 4 is 28.1 Å². The van der Waals surface area contributed by atoms with Gasteiger partial charge in [0.2, 0.25) is 0 Å². The Kier molecular flexibility index (Phi) is 6.08. The van der Waals surface area contributed by atoms with Gasteiger partial charge in [-0.1, -0.05) is 18.2 Å². The summed E-state index contributed by atoms with van der Waals surface area (Å²) in [6, 6.07) is 13.0. The Bertz CT molecular complexity index is 1210. The van der Waals surface area contributed by atoms with Crippen molar-refractivity contribution in [3.63, 3.8) is 0 Å². The van der Waals surface area contributed by atoms with Crippen LogP contribution < -0.4 is 9.47 Å². The van der Waals surface area contributed by atoms with Gasteiger partial charge in [-0.25, -0.2) is 15.0 Å². The summed E-state index contributed by atoms with van der Waals surface area (Å²) in [5.41, 5.74) is 4.86. The van der Waals surface area contributed by atoms with E-state index < -0.39 is 0 Å². The van der Waals surface area contributed by atoms with E-state index in [1.165, 1.54) is 11.3 Å². The molecule has 0 bridgehead atoms. The van der Waals surface area contributed by atoms with E-state index in [1.54, 1.807) is 42.8 Å². The highest BCUT2D eigenvalue weighted by Crippen LogP contribution is 2.29. The molecule has 0 aliphatic heterocycles. The number of hydrogen-bond acceptors (Lipinski definition) is 7. The summed E-state index contributed by atoms with van der Waals surface area (Å²) in [6.45, 7) is 2.59. The number of benzene rings is 2. The first-order chi connectivity index (χ1) is 15.0. The third-order valence-electron chi connectivity index (χ3n) is 4.83. The number of hydrogen-bond donors (Lipinski definition) is 0. The SMILES string of the molecule is COc1cc(C(=O)N(C)Cc2nc(C)c3ccccc3n2)ccc1OCc1cscn1. The number of carbonyl (C=O) groups is 1. The number of fused-ring (bicyclic) bond motifs is 1. The van der Waals surface area contributed by atoms with Gasteiger partial charge in [0.15, 0.2) is 11.5 Å². The molecule has 4 aromatic rings. The normalized spacial score (nSPS) is 10.8. The van der Waals surface area contributed by atoms with Crippen molar-refractivity contribution in [2.45, 2.75) is 20.1 Å². The average molecular weight is 435 g/mol. The van der Waals surface area contributed by atoms with Crippen LogP contribution in [0.2, 0.25) is 0 Å². The second-order valence-corrected chi connectivity index (χ2v) is 7.76. The summed E-state index contributed by atoms with van der Waals surface area (Å²) in [7, 11) is 3.28. The first-order valence-electron chi connectivity index (χ1n) is 9.71. The molecule has 1 amide bonds. The van der Waals surface area contributed by atoms with E-state index in [0.717, 1.165) is 22.3 Å². The largest absolute Gasteiger partial charge is 0.493 e. The fourth-order valence-electron chi connectivity index (χ4n) is 3.25. The number of rotatable bonds is 7. The zero-order valence-electron chi connectivity index (χ0n) is 17.5. The molecule has 0 unspecified atom stereocenters. The number of nitrogens with zero attached hydrogens (tertiary/aromatic N) is 4. The fraction of sp³-hybridized carbons (Fsp3) is 0.217. The molecule has 0 aliphatic carbocycles. The average Bonchev–Trinajstić information content (AvgIpc) is 3.31. The highest BCUT2D eigenvalue weighted by atomic mass is 32.1. The number of amides is 1. The summed E-state index contributed by atoms with van der Waals surface area (Å²) >= 11 is 1.51. The number of thiazole rings is 1. The standard InChI is InChI=1S/C23H22N4O3S/c1-15-18-6-4-5-7-19(18)26-22(25-15)11-27(2)23(28)16-8-9-20(21(10-16)29-3)30-12-17-13-31-14-24-17/h4-10,13-14H,11-12H2,1-3H3. The van der Waals surface area contributed by atoms with Crippen molar-refractivity contribution in [3.8, 4) is 11.5 Å². The molecule has 0 fully saturated rings. The van der Waals surface area contributed by atoms with Gasteiger partial charge in [-0.15, -0.1) is 11.3 Å². The monoisotopic (exact) mass is 434 g/mol. The maximum atomic E-state index is 13.0. The van der Waals surface area contributed by atoms with Crippen molar-refractivity contribution in [2.24, 2.45) is 0 Å². The van der Waals surface area contributed by atoms with E-state index in [1.807, 2.05) is 36.6 Å². The Balaban J connectivity index is 1.49. The van der Waals surface area contributed by atoms with Gasteiger partial charge in [0.25, 0.3) is 5.91 Å². The molecule has 0 atom stereocenters. The summed E-state index contributed by atoms with van der Waals surface area (Å²) in [6.07, 6.45) is 0. The molecule has 7 nitrogen and oxygen atoms in total. The summed E-state index contributed by atoms with van der Waals surface area (Å²) in [5, 5.41) is 2.94. The predicted molar refractivity (Wildman–Crippen MR) is 120 cm³/mol. The third kappa shape index (κ3) is 4.64. The molecule has 0 spiro atoms. The van der Waals surface area contributed by atoms with Crippen LogP contribution in [0.25, 0.3) is 10.9 Å². The second-order valence-electron chi connectivity index (χ2n) is 7.04. The zero-order chi connectivity index (χ0) is 21.8. The highest BCUT2D eigenvalue weighted by molar-refractivity contribution is 7.07. The number of carbonyl (C=O) groups excluding carboxylic acids is 1. The number of methoxy groups -OCH3 is 1. The molecule has 31 heavy (non-hydrogen) atoms. The molecular weight excluding hydrogens is 412 g/mol. The van der Waals surface area contributed by atoms with Gasteiger partial charge in [-0.2, -0.15) is 0 Å². The quantitative estimate of drug-likeness (QED) is 0.433. The van der Waals surface area contributed by atoms with Crippen LogP contribution in [0.1, 0.15) is 27.6 Å². The number of aryl methyl sites for hydroxylation is 1. The third-order valence-corrected chi connectivity index (χ3v) is 5.47. The van der Waals surface area contributed by atoms with E-state index in [2.05, 4.69) is 15.0 Å². The van der Waals surface area contributed by atoms with E-state index in [9.17, 15) is 4.79 Å². The van der Waals surface area contributed by atoms with Crippen LogP contribution in [0.4, 0.5) is 0 Å². The van der Waals surface area contributed by atoms with Gasteiger partial charge in [0.1, 0.15) is 12.4 Å². The zero-order valence-corrected chi connectivity index (χ0v) is 18.3. The van der Waals surface area contributed by atoms with Gasteiger partial charge >= 0.3 is 0 Å². The summed E-state index contributed by atoms with van der Waals surface area (Å²) < 4.78 is 11.2. The predicted octanol–water partition coefficient (Wildman–Crippen LogP) is 4.25. The Morgan fingerprint density at radius 3 is 2.74 bits per heavy atom. The Hall–Kier alpha value is -3.52. The van der Waals surface area contributed by atoms with Crippen LogP contribution in [-0.2, 0) is 13.2 Å². The Labute approximate surface area is 184 Å². The van der Waals surface area contributed by atoms with Crippen LogP contribution in [0, 0.1) is 6.92 Å². The lowest BCUT2D eigenvalue weighted by molar-refractivity contribution is 0.0781. The summed E-state index contributed by atoms with van der Waals surface area (Å²) in [5.74, 6) is 1.50. The Morgan fingerprint density at radius 1 is 1.13 bits per heavy atom. The molecular formula is C23H22N4O3S. The van der Waals surface area contributed by atoms with Crippen molar-refractivity contribution in [2.75, 3.05) is 14.2 Å². The van der Waals surface area contributed by atoms with Crippen LogP contribution in [0.5, 0.6) is 11.5 Å². The fourth-order valence-corrected chi connectivity index (χ4v) is 3.79. The molecule has 158 valence electrons. The smallest absolute Gasteiger partial charge is 0.254 e. The minimum Gasteiger partial charge on any atom is -0.493 e. The minimum atomic E-state index is -0.154. The molecule has 4 rings (SSSR count). The van der Waals surface area contributed by atoms with Gasteiger partial charge < -0.3 is 14.4 Å². The minimum absolute atomic E-state index is 0.154. The molecule has 0 saturated heterocycles. The number of ether oxygens (including phenoxy) is 2. The van der Waals surface area contributed by atoms with Crippen LogP contribution in [0.3, 0.4) is 0 Å². The highest BCUT2D eigenvalue weighted by Gasteiger charge is 2.17. The molecule has 2 aromatic carbocycles. The molecule has 8 heteroatoms. The second kappa shape index (κ2) is 9.09. The Morgan fingerprint density at radius 2 is 1.97 bits per heavy atom. The van der Waals surface area contributed by atoms with Crippen LogP contribution >= 0.6 is 11.3 Å². The van der Waals surface area contributed by atoms with E-state index in [4.69, 9.17) is 9.47 Å². The topological polar surface area (TPSA) is 77.4 Å². The maximum absolute atomic E-state index is 13.0. The molecule has 0 radical (unpaired) electrons. The van der Waals surface area contributed by atoms with E-state index in [0.29, 0.717) is 36.0 Å². The van der Waals surface area contributed by atoms with Gasteiger partial charge in [0, 0.05) is 29.1 Å². The van der Waals surface area contributed by atoms with E-state index >= 15 is 0 Å². The van der Waals surface area contributed by atoms with Crippen molar-refractivity contribution in [3.05, 3.63) is 76.1 Å². The molecule has 0 N–H and O–H groups in total. The lowest BCUT2D eigenvalue weighted by Gasteiger charge is -2.18. The lowest BCUT2D eigenvalue weighted by atomic mass is 10.1. The van der Waals surface area contributed by atoms with Crippen LogP contribution in [0.15, 0.2) is 53.4 Å². The maximum Gasteiger partial charge on any atom is 0.254 e. The molecule has 0 saturated carbocycles. The van der Waals surface area contributed by atoms with Gasteiger partial charge in [-0.05, 0) is 31.2 Å². The summed E-state index contributed by atoms with van der Waals surface area (Å²) in [4.78, 5) is 27.9. The number of aromatic nitrogens is 3. The first kappa shape index (κ1) is 20.7. The lowest BCUT2D eigenvalue weighted by Crippen LogP contribution is -2.27. The first-order valence-corrected chi connectivity index (χ1v) is 10.6. The van der Waals surface area contributed by atoms with Gasteiger partial charge in [0.05, 0.1) is 30.4 Å². The molecule has 2 heterocycles. The molecule has 0 aliphatic rings. The van der Waals surface area contributed by atoms with Gasteiger partial charge in [-0.3, -0.25) is 4.79 Å². The van der Waals surface area contributed by atoms with Crippen molar-refractivity contribution in [1.82, 2.24) is 19.9 Å². The van der Waals surface area contributed by atoms with Crippen LogP contribution in [-0.4, -0.2) is 39.9 Å². The van der Waals surface area contributed by atoms with Crippen molar-refractivity contribution in [1.29, 1.82) is 0 Å².